The molecular formula is C14H14Pd. The fraction of sp³-hybridized carbons (Fsp3) is 0.0714. The second-order valence-electron chi connectivity index (χ2n) is 2.90. The predicted octanol–water partition coefficient (Wildman–Crippen LogP) is 3.98. The summed E-state index contributed by atoms with van der Waals surface area (Å²) in [4.78, 5) is 0.956. The summed E-state index contributed by atoms with van der Waals surface area (Å²) < 4.78 is 0. The SMILES string of the molecule is [CH]1C=CC=C1.[Pd][CH2]/C=C/c1ccccc1. The quantitative estimate of drug-likeness (QED) is 0.722. The summed E-state index contributed by atoms with van der Waals surface area (Å²) in [5.74, 6) is 0. The van der Waals surface area contributed by atoms with Gasteiger partial charge in [-0.15, -0.1) is 0 Å². The van der Waals surface area contributed by atoms with E-state index in [9.17, 15) is 0 Å². The van der Waals surface area contributed by atoms with Crippen molar-refractivity contribution in [3.8, 4) is 0 Å². The van der Waals surface area contributed by atoms with Gasteiger partial charge in [0.15, 0.2) is 0 Å². The van der Waals surface area contributed by atoms with Crippen molar-refractivity contribution in [3.05, 3.63) is 72.7 Å². The zero-order valence-electron chi connectivity index (χ0n) is 8.45. The van der Waals surface area contributed by atoms with E-state index in [1.165, 1.54) is 5.56 Å². The van der Waals surface area contributed by atoms with Gasteiger partial charge in [0.05, 0.1) is 0 Å². The number of benzene rings is 1. The molecule has 0 aromatic heterocycles. The molecule has 0 nitrogen and oxygen atoms in total. The molecule has 1 aliphatic carbocycles. The first-order valence-corrected chi connectivity index (χ1v) is 5.93. The van der Waals surface area contributed by atoms with Crippen molar-refractivity contribution in [3.63, 3.8) is 0 Å². The van der Waals surface area contributed by atoms with Gasteiger partial charge in [-0.05, 0) is 0 Å². The number of allylic oxidation sites excluding steroid dienone is 5. The Bertz CT molecular complexity index is 324. The van der Waals surface area contributed by atoms with Crippen molar-refractivity contribution in [2.24, 2.45) is 0 Å². The Balaban J connectivity index is 0.000000187. The van der Waals surface area contributed by atoms with Gasteiger partial charge in [-0.2, -0.15) is 0 Å². The molecule has 2 rings (SSSR count). The molecule has 1 aliphatic rings. The first kappa shape index (κ1) is 12.2. The average Bonchev–Trinajstić information content (AvgIpc) is 2.86. The van der Waals surface area contributed by atoms with Crippen LogP contribution in [0.1, 0.15) is 5.56 Å². The Labute approximate surface area is 103 Å². The third-order valence-corrected chi connectivity index (χ3v) is 2.11. The third kappa shape index (κ3) is 6.23. The average molecular weight is 289 g/mol. The Hall–Kier alpha value is -0.898. The van der Waals surface area contributed by atoms with Crippen LogP contribution in [-0.4, -0.2) is 0 Å². The van der Waals surface area contributed by atoms with Gasteiger partial charge >= 0.3 is 72.1 Å². The summed E-state index contributed by atoms with van der Waals surface area (Å²) >= 11 is 3.08. The van der Waals surface area contributed by atoms with Crippen LogP contribution in [0.15, 0.2) is 60.7 Å². The van der Waals surface area contributed by atoms with Gasteiger partial charge in [-0.1, -0.05) is 24.3 Å². The van der Waals surface area contributed by atoms with Gasteiger partial charge in [0.1, 0.15) is 0 Å². The molecule has 0 bridgehead atoms. The van der Waals surface area contributed by atoms with Crippen molar-refractivity contribution in [2.75, 3.05) is 0 Å². The van der Waals surface area contributed by atoms with Gasteiger partial charge in [0.25, 0.3) is 0 Å². The van der Waals surface area contributed by atoms with E-state index >= 15 is 0 Å². The molecular weight excluding hydrogens is 275 g/mol. The molecule has 0 saturated carbocycles. The number of hydrogen-bond acceptors (Lipinski definition) is 0. The summed E-state index contributed by atoms with van der Waals surface area (Å²) in [5.41, 5.74) is 1.26. The van der Waals surface area contributed by atoms with E-state index in [-0.39, 0.29) is 0 Å². The van der Waals surface area contributed by atoms with E-state index in [0.717, 1.165) is 4.89 Å². The van der Waals surface area contributed by atoms with Crippen LogP contribution < -0.4 is 0 Å². The van der Waals surface area contributed by atoms with Crippen LogP contribution in [0.4, 0.5) is 0 Å². The molecule has 1 radical (unpaired) electrons. The van der Waals surface area contributed by atoms with Crippen molar-refractivity contribution >= 4 is 6.08 Å². The second kappa shape index (κ2) is 8.41. The summed E-state index contributed by atoms with van der Waals surface area (Å²) in [5, 5.41) is 0. The van der Waals surface area contributed by atoms with E-state index in [0.29, 0.717) is 0 Å². The number of hydrogen-bond donors (Lipinski definition) is 0. The topological polar surface area (TPSA) is 0 Å². The van der Waals surface area contributed by atoms with Crippen LogP contribution in [0.3, 0.4) is 0 Å². The molecule has 0 saturated heterocycles. The second-order valence-corrected chi connectivity index (χ2v) is 3.54. The minimum atomic E-state index is 0.956. The van der Waals surface area contributed by atoms with E-state index in [1.54, 1.807) is 0 Å². The molecule has 80 valence electrons. The van der Waals surface area contributed by atoms with Crippen molar-refractivity contribution < 1.29 is 19.2 Å². The third-order valence-electron chi connectivity index (χ3n) is 1.74. The minimum absolute atomic E-state index is 0.956. The Morgan fingerprint density at radius 3 is 2.07 bits per heavy atom. The van der Waals surface area contributed by atoms with Crippen LogP contribution in [0.2, 0.25) is 4.89 Å². The van der Waals surface area contributed by atoms with Crippen LogP contribution in [0.25, 0.3) is 6.08 Å². The molecule has 15 heavy (non-hydrogen) atoms. The van der Waals surface area contributed by atoms with Crippen molar-refractivity contribution in [1.82, 2.24) is 0 Å². The van der Waals surface area contributed by atoms with Crippen molar-refractivity contribution in [2.45, 2.75) is 4.89 Å². The molecule has 0 fully saturated rings. The van der Waals surface area contributed by atoms with Gasteiger partial charge in [0.2, 0.25) is 0 Å². The summed E-state index contributed by atoms with van der Waals surface area (Å²) in [6.07, 6.45) is 14.2. The molecule has 0 amide bonds. The van der Waals surface area contributed by atoms with E-state index in [2.05, 4.69) is 43.5 Å². The van der Waals surface area contributed by atoms with E-state index in [1.807, 2.05) is 48.9 Å². The molecule has 0 unspecified atom stereocenters. The molecule has 0 atom stereocenters. The summed E-state index contributed by atoms with van der Waals surface area (Å²) in [6.45, 7) is 0. The molecule has 1 aromatic rings. The first-order chi connectivity index (χ1) is 7.43. The van der Waals surface area contributed by atoms with E-state index in [4.69, 9.17) is 0 Å². The van der Waals surface area contributed by atoms with Gasteiger partial charge in [-0.3, -0.25) is 0 Å². The maximum atomic E-state index is 3.08. The van der Waals surface area contributed by atoms with Crippen LogP contribution in [0, 0.1) is 6.42 Å². The fourth-order valence-electron chi connectivity index (χ4n) is 1.06. The molecule has 0 heterocycles. The van der Waals surface area contributed by atoms with Gasteiger partial charge in [-0.25, -0.2) is 0 Å². The van der Waals surface area contributed by atoms with Crippen molar-refractivity contribution in [1.29, 1.82) is 0 Å². The zero-order valence-corrected chi connectivity index (χ0v) is 10.0. The monoisotopic (exact) mass is 288 g/mol. The van der Waals surface area contributed by atoms with Crippen LogP contribution >= 0.6 is 0 Å². The van der Waals surface area contributed by atoms with Crippen LogP contribution in [-0.2, 0) is 19.2 Å². The standard InChI is InChI=1S/C9H9.C5H5.Pd/c1-2-6-9-7-4-3-5-8-9;1-2-4-5-3-1;/h2-8H,1H2;1-5H;/b6-2+;;. The molecule has 1 heteroatoms. The predicted molar refractivity (Wildman–Crippen MR) is 62.9 cm³/mol. The molecule has 1 aromatic carbocycles. The molecule has 0 spiro atoms. The fourth-order valence-corrected chi connectivity index (χ4v) is 1.24. The first-order valence-electron chi connectivity index (χ1n) is 4.83. The van der Waals surface area contributed by atoms with E-state index < -0.39 is 0 Å². The van der Waals surface area contributed by atoms with Crippen LogP contribution in [0.5, 0.6) is 0 Å². The maximum absolute atomic E-state index is 3.08. The summed E-state index contributed by atoms with van der Waals surface area (Å²) in [7, 11) is 0. The molecule has 0 aliphatic heterocycles. The van der Waals surface area contributed by atoms with Gasteiger partial charge < -0.3 is 0 Å². The number of rotatable bonds is 2. The Morgan fingerprint density at radius 2 is 1.60 bits per heavy atom. The summed E-state index contributed by atoms with van der Waals surface area (Å²) in [6, 6.07) is 10.3. The van der Waals surface area contributed by atoms with Gasteiger partial charge in [0, 0.05) is 6.42 Å². The molecule has 0 N–H and O–H groups in total. The zero-order chi connectivity index (χ0) is 10.8. The Kier molecular flexibility index (Phi) is 6.83. The Morgan fingerprint density at radius 1 is 0.933 bits per heavy atom. The normalized spacial score (nSPS) is 12.9.